The number of aromatic hydroxyl groups is 1. The van der Waals surface area contributed by atoms with Crippen LogP contribution in [-0.2, 0) is 10.0 Å². The van der Waals surface area contributed by atoms with Gasteiger partial charge in [-0.15, -0.1) is 0 Å². The maximum absolute atomic E-state index is 13.2. The van der Waals surface area contributed by atoms with Gasteiger partial charge in [-0.3, -0.25) is 9.59 Å². The van der Waals surface area contributed by atoms with Crippen molar-refractivity contribution in [2.24, 2.45) is 0 Å². The van der Waals surface area contributed by atoms with Gasteiger partial charge in [-0.2, -0.15) is 4.31 Å². The van der Waals surface area contributed by atoms with E-state index in [4.69, 9.17) is 11.6 Å². The number of phenolic OH excluding ortho intramolecular Hbond substituents is 1. The first-order valence-electron chi connectivity index (χ1n) is 9.92. The van der Waals surface area contributed by atoms with Gasteiger partial charge >= 0.3 is 0 Å². The SMILES string of the molecule is CN1CCN(S(=O)(=O)c2c(Cl)ccc(Nc3c(Nc4ccc(F)cc4)c(=O)c3=O)c2O)CC1. The van der Waals surface area contributed by atoms with Crippen molar-refractivity contribution in [3.05, 3.63) is 67.7 Å². The van der Waals surface area contributed by atoms with Crippen LogP contribution in [0.4, 0.5) is 27.1 Å². The molecule has 0 saturated carbocycles. The zero-order valence-electron chi connectivity index (χ0n) is 17.4. The molecular formula is C21H20ClFN4O5S. The number of likely N-dealkylation sites (N-methyl/N-ethyl adjacent to an activating group) is 1. The molecule has 0 atom stereocenters. The minimum Gasteiger partial charge on any atom is -0.504 e. The minimum atomic E-state index is -4.12. The van der Waals surface area contributed by atoms with Gasteiger partial charge < -0.3 is 20.6 Å². The van der Waals surface area contributed by atoms with Crippen LogP contribution in [0, 0.1) is 5.82 Å². The van der Waals surface area contributed by atoms with Crippen LogP contribution in [0.2, 0.25) is 5.02 Å². The number of nitrogens with one attached hydrogen (secondary N) is 2. The number of piperazine rings is 1. The van der Waals surface area contributed by atoms with E-state index in [-0.39, 0.29) is 35.2 Å². The van der Waals surface area contributed by atoms with Crippen molar-refractivity contribution < 1.29 is 17.9 Å². The van der Waals surface area contributed by atoms with Gasteiger partial charge in [-0.05, 0) is 43.4 Å². The van der Waals surface area contributed by atoms with E-state index >= 15 is 0 Å². The molecule has 1 fully saturated rings. The first-order chi connectivity index (χ1) is 15.6. The minimum absolute atomic E-state index is 0.0931. The van der Waals surface area contributed by atoms with Gasteiger partial charge in [0.1, 0.15) is 22.1 Å². The summed E-state index contributed by atoms with van der Waals surface area (Å²) in [5.41, 5.74) is -1.65. The number of nitrogens with zero attached hydrogens (tertiary/aromatic N) is 2. The van der Waals surface area contributed by atoms with E-state index in [9.17, 15) is 27.5 Å². The molecule has 0 unspecified atom stereocenters. The van der Waals surface area contributed by atoms with Crippen molar-refractivity contribution in [1.29, 1.82) is 0 Å². The Morgan fingerprint density at radius 3 is 2.12 bits per heavy atom. The van der Waals surface area contributed by atoms with Crippen LogP contribution in [0.25, 0.3) is 0 Å². The number of halogens is 2. The van der Waals surface area contributed by atoms with Crippen molar-refractivity contribution in [2.45, 2.75) is 4.90 Å². The average molecular weight is 495 g/mol. The molecule has 1 aliphatic heterocycles. The molecule has 0 aromatic heterocycles. The molecule has 4 rings (SSSR count). The van der Waals surface area contributed by atoms with Gasteiger partial charge in [-0.1, -0.05) is 11.6 Å². The number of hydrogen-bond acceptors (Lipinski definition) is 8. The average Bonchev–Trinajstić information content (AvgIpc) is 2.78. The molecule has 1 saturated heterocycles. The third-order valence-corrected chi connectivity index (χ3v) is 7.83. The maximum Gasteiger partial charge on any atom is 0.253 e. The van der Waals surface area contributed by atoms with Gasteiger partial charge in [-0.25, -0.2) is 12.8 Å². The molecule has 12 heteroatoms. The molecule has 1 heterocycles. The van der Waals surface area contributed by atoms with Crippen LogP contribution in [0.1, 0.15) is 0 Å². The number of sulfonamides is 1. The third kappa shape index (κ3) is 4.32. The molecular weight excluding hydrogens is 475 g/mol. The van der Waals surface area contributed by atoms with Crippen molar-refractivity contribution >= 4 is 44.4 Å². The molecule has 9 nitrogen and oxygen atoms in total. The smallest absolute Gasteiger partial charge is 0.253 e. The largest absolute Gasteiger partial charge is 0.504 e. The topological polar surface area (TPSA) is 119 Å². The monoisotopic (exact) mass is 494 g/mol. The number of phenols is 1. The maximum atomic E-state index is 13.2. The Labute approximate surface area is 193 Å². The Kier molecular flexibility index (Phi) is 6.14. The summed E-state index contributed by atoms with van der Waals surface area (Å²) in [4.78, 5) is 25.7. The highest BCUT2D eigenvalue weighted by molar-refractivity contribution is 7.89. The summed E-state index contributed by atoms with van der Waals surface area (Å²) in [6.45, 7) is 1.52. The third-order valence-electron chi connectivity index (χ3n) is 5.43. The fourth-order valence-corrected chi connectivity index (χ4v) is 5.51. The van der Waals surface area contributed by atoms with Crippen LogP contribution in [0.3, 0.4) is 0 Å². The van der Waals surface area contributed by atoms with Crippen LogP contribution >= 0.6 is 11.6 Å². The summed E-state index contributed by atoms with van der Waals surface area (Å²) in [5, 5.41) is 16.0. The molecule has 0 spiro atoms. The highest BCUT2D eigenvalue weighted by atomic mass is 35.5. The Morgan fingerprint density at radius 1 is 0.939 bits per heavy atom. The predicted molar refractivity (Wildman–Crippen MR) is 124 cm³/mol. The Morgan fingerprint density at radius 2 is 1.52 bits per heavy atom. The van der Waals surface area contributed by atoms with Crippen molar-refractivity contribution in [2.75, 3.05) is 43.9 Å². The lowest BCUT2D eigenvalue weighted by atomic mass is 10.1. The van der Waals surface area contributed by atoms with Crippen molar-refractivity contribution in [1.82, 2.24) is 9.21 Å². The van der Waals surface area contributed by atoms with E-state index in [1.807, 2.05) is 11.9 Å². The number of hydrogen-bond donors (Lipinski definition) is 3. The Bertz CT molecular complexity index is 1380. The highest BCUT2D eigenvalue weighted by Gasteiger charge is 2.33. The van der Waals surface area contributed by atoms with Crippen LogP contribution in [-0.4, -0.2) is 56.0 Å². The quantitative estimate of drug-likeness (QED) is 0.352. The molecule has 0 amide bonds. The summed E-state index contributed by atoms with van der Waals surface area (Å²) < 4.78 is 40.7. The fourth-order valence-electron chi connectivity index (χ4n) is 3.49. The summed E-state index contributed by atoms with van der Waals surface area (Å²) in [6, 6.07) is 7.72. The molecule has 3 N–H and O–H groups in total. The van der Waals surface area contributed by atoms with Crippen molar-refractivity contribution in [3.63, 3.8) is 0 Å². The molecule has 3 aromatic rings. The summed E-state index contributed by atoms with van der Waals surface area (Å²) in [6.07, 6.45) is 0. The number of benzene rings is 2. The first kappa shape index (κ1) is 23.2. The predicted octanol–water partition coefficient (Wildman–Crippen LogP) is 2.20. The Balaban J connectivity index is 1.66. The Hall–Kier alpha value is -2.99. The summed E-state index contributed by atoms with van der Waals surface area (Å²) >= 11 is 6.14. The molecule has 0 bridgehead atoms. The normalized spacial score (nSPS) is 15.6. The standard InChI is InChI=1S/C21H20ClFN4O5S/c1-26-8-10-27(11-9-26)33(31,32)21-14(22)6-7-15(18(21)28)25-17-16(19(29)20(17)30)24-13-4-2-12(23)3-5-13/h2-7,24-25,28H,8-11H2,1H3. The van der Waals surface area contributed by atoms with Crippen LogP contribution < -0.4 is 21.5 Å². The zero-order chi connectivity index (χ0) is 23.9. The second-order valence-corrected chi connectivity index (χ2v) is 9.93. The van der Waals surface area contributed by atoms with Gasteiger partial charge in [0, 0.05) is 31.9 Å². The van der Waals surface area contributed by atoms with E-state index < -0.39 is 37.3 Å². The molecule has 174 valence electrons. The fraction of sp³-hybridized carbons (Fsp3) is 0.238. The number of anilines is 4. The van der Waals surface area contributed by atoms with Crippen LogP contribution in [0.15, 0.2) is 50.9 Å². The number of rotatable bonds is 6. The van der Waals surface area contributed by atoms with Crippen LogP contribution in [0.5, 0.6) is 5.75 Å². The second kappa shape index (κ2) is 8.75. The molecule has 0 aliphatic carbocycles. The lowest BCUT2D eigenvalue weighted by Gasteiger charge is -2.32. The van der Waals surface area contributed by atoms with E-state index in [0.717, 1.165) is 0 Å². The van der Waals surface area contributed by atoms with Gasteiger partial charge in [0.05, 0.1) is 10.7 Å². The van der Waals surface area contributed by atoms with Gasteiger partial charge in [0.15, 0.2) is 5.75 Å². The van der Waals surface area contributed by atoms with E-state index in [2.05, 4.69) is 10.6 Å². The second-order valence-electron chi connectivity index (χ2n) is 7.65. The van der Waals surface area contributed by atoms with E-state index in [1.54, 1.807) is 0 Å². The van der Waals surface area contributed by atoms with E-state index in [0.29, 0.717) is 18.8 Å². The first-order valence-corrected chi connectivity index (χ1v) is 11.7. The van der Waals surface area contributed by atoms with Gasteiger partial charge in [0.2, 0.25) is 10.0 Å². The highest BCUT2D eigenvalue weighted by Crippen LogP contribution is 2.40. The van der Waals surface area contributed by atoms with E-state index in [1.165, 1.54) is 40.7 Å². The molecule has 1 aliphatic rings. The lowest BCUT2D eigenvalue weighted by molar-refractivity contribution is 0.222. The summed E-state index contributed by atoms with van der Waals surface area (Å²) in [5.74, 6) is -1.13. The molecule has 3 aromatic carbocycles. The molecule has 33 heavy (non-hydrogen) atoms. The molecule has 0 radical (unpaired) electrons. The lowest BCUT2D eigenvalue weighted by Crippen LogP contribution is -2.47. The van der Waals surface area contributed by atoms with Gasteiger partial charge in [0.25, 0.3) is 10.9 Å². The summed E-state index contributed by atoms with van der Waals surface area (Å²) in [7, 11) is -2.24. The van der Waals surface area contributed by atoms with Crippen molar-refractivity contribution in [3.8, 4) is 5.75 Å². The zero-order valence-corrected chi connectivity index (χ0v) is 19.0.